The lowest BCUT2D eigenvalue weighted by atomic mass is 10.1. The van der Waals surface area contributed by atoms with Crippen LogP contribution in [0.1, 0.15) is 13.3 Å². The summed E-state index contributed by atoms with van der Waals surface area (Å²) in [6.07, 6.45) is 0.820. The first-order valence-corrected chi connectivity index (χ1v) is 7.98. The summed E-state index contributed by atoms with van der Waals surface area (Å²) in [5.41, 5.74) is 0. The first kappa shape index (κ1) is 15.5. The fourth-order valence-electron chi connectivity index (χ4n) is 1.27. The summed E-state index contributed by atoms with van der Waals surface area (Å²) in [5, 5.41) is 0.779. The fourth-order valence-corrected chi connectivity index (χ4v) is 3.23. The summed E-state index contributed by atoms with van der Waals surface area (Å²) in [4.78, 5) is -0.271. The summed E-state index contributed by atoms with van der Waals surface area (Å²) in [6.45, 7) is 2.15. The van der Waals surface area contributed by atoms with Crippen LogP contribution in [-0.2, 0) is 10.0 Å². The van der Waals surface area contributed by atoms with Crippen LogP contribution in [0.15, 0.2) is 23.1 Å². The van der Waals surface area contributed by atoms with Gasteiger partial charge in [0, 0.05) is 11.9 Å². The second kappa shape index (κ2) is 6.58. The van der Waals surface area contributed by atoms with Gasteiger partial charge in [0.05, 0.1) is 4.90 Å². The minimum atomic E-state index is -3.78. The van der Waals surface area contributed by atoms with Gasteiger partial charge in [-0.05, 0) is 30.5 Å². The Hall–Kier alpha value is -0.530. The van der Waals surface area contributed by atoms with E-state index in [-0.39, 0.29) is 17.4 Å². The number of benzene rings is 1. The van der Waals surface area contributed by atoms with E-state index in [0.29, 0.717) is 6.07 Å². The van der Waals surface area contributed by atoms with E-state index in [2.05, 4.69) is 20.7 Å². The maximum absolute atomic E-state index is 13.0. The topological polar surface area (TPSA) is 46.2 Å². The SMILES string of the molecule is CC(CCBr)CNS(=O)(=O)c1ccc(F)c(F)c1. The lowest BCUT2D eigenvalue weighted by molar-refractivity contribution is 0.502. The molecule has 0 saturated heterocycles. The molecule has 18 heavy (non-hydrogen) atoms. The quantitative estimate of drug-likeness (QED) is 0.808. The van der Waals surface area contributed by atoms with Gasteiger partial charge in [-0.1, -0.05) is 22.9 Å². The second-order valence-electron chi connectivity index (χ2n) is 4.01. The summed E-state index contributed by atoms with van der Waals surface area (Å²) in [6, 6.07) is 2.51. The van der Waals surface area contributed by atoms with Crippen molar-refractivity contribution >= 4 is 26.0 Å². The Kier molecular flexibility index (Phi) is 5.68. The highest BCUT2D eigenvalue weighted by atomic mass is 79.9. The van der Waals surface area contributed by atoms with Gasteiger partial charge in [-0.2, -0.15) is 0 Å². The number of halogens is 3. The number of alkyl halides is 1. The highest BCUT2D eigenvalue weighted by Crippen LogP contribution is 2.14. The van der Waals surface area contributed by atoms with Crippen LogP contribution in [0.5, 0.6) is 0 Å². The third-order valence-corrected chi connectivity index (χ3v) is 4.30. The lowest BCUT2D eigenvalue weighted by Crippen LogP contribution is -2.28. The van der Waals surface area contributed by atoms with E-state index in [9.17, 15) is 17.2 Å². The van der Waals surface area contributed by atoms with Crippen molar-refractivity contribution in [3.8, 4) is 0 Å². The van der Waals surface area contributed by atoms with E-state index < -0.39 is 21.7 Å². The Bertz CT molecular complexity index is 508. The highest BCUT2D eigenvalue weighted by molar-refractivity contribution is 9.09. The molecule has 0 aliphatic carbocycles. The van der Waals surface area contributed by atoms with Gasteiger partial charge in [0.1, 0.15) is 0 Å². The van der Waals surface area contributed by atoms with Gasteiger partial charge >= 0.3 is 0 Å². The van der Waals surface area contributed by atoms with Gasteiger partial charge < -0.3 is 0 Å². The molecule has 0 amide bonds. The molecule has 1 atom stereocenters. The van der Waals surface area contributed by atoms with Gasteiger partial charge in [-0.25, -0.2) is 21.9 Å². The first-order chi connectivity index (χ1) is 8.36. The number of sulfonamides is 1. The van der Waals surface area contributed by atoms with E-state index in [1.807, 2.05) is 6.92 Å². The van der Waals surface area contributed by atoms with Crippen LogP contribution in [-0.4, -0.2) is 20.3 Å². The smallest absolute Gasteiger partial charge is 0.211 e. The zero-order chi connectivity index (χ0) is 13.8. The van der Waals surface area contributed by atoms with Gasteiger partial charge in [0.15, 0.2) is 11.6 Å². The summed E-state index contributed by atoms with van der Waals surface area (Å²) in [7, 11) is -3.78. The van der Waals surface area contributed by atoms with Crippen LogP contribution in [0.2, 0.25) is 0 Å². The molecule has 0 heterocycles. The molecule has 0 aliphatic heterocycles. The van der Waals surface area contributed by atoms with Crippen LogP contribution >= 0.6 is 15.9 Å². The van der Waals surface area contributed by atoms with Crippen LogP contribution in [0.25, 0.3) is 0 Å². The monoisotopic (exact) mass is 341 g/mol. The van der Waals surface area contributed by atoms with Crippen molar-refractivity contribution in [2.45, 2.75) is 18.2 Å². The molecule has 7 heteroatoms. The Morgan fingerprint density at radius 3 is 2.56 bits per heavy atom. The van der Waals surface area contributed by atoms with Gasteiger partial charge in [-0.3, -0.25) is 0 Å². The number of hydrogen-bond donors (Lipinski definition) is 1. The van der Waals surface area contributed by atoms with Crippen molar-refractivity contribution in [2.24, 2.45) is 5.92 Å². The van der Waals surface area contributed by atoms with Crippen molar-refractivity contribution in [1.29, 1.82) is 0 Å². The normalized spacial score (nSPS) is 13.6. The number of rotatable bonds is 6. The fraction of sp³-hybridized carbons (Fsp3) is 0.455. The third-order valence-electron chi connectivity index (χ3n) is 2.43. The van der Waals surface area contributed by atoms with Crippen LogP contribution < -0.4 is 4.72 Å². The van der Waals surface area contributed by atoms with Crippen LogP contribution in [0.3, 0.4) is 0 Å². The summed E-state index contributed by atoms with van der Waals surface area (Å²) in [5.74, 6) is -2.09. The Labute approximate surface area is 114 Å². The maximum Gasteiger partial charge on any atom is 0.240 e. The minimum absolute atomic E-state index is 0.157. The van der Waals surface area contributed by atoms with E-state index >= 15 is 0 Å². The molecule has 0 aliphatic rings. The molecule has 1 unspecified atom stereocenters. The molecule has 102 valence electrons. The summed E-state index contributed by atoms with van der Waals surface area (Å²) < 4.78 is 51.6. The molecule has 1 aromatic carbocycles. The minimum Gasteiger partial charge on any atom is -0.211 e. The molecule has 1 N–H and O–H groups in total. The van der Waals surface area contributed by atoms with Crippen molar-refractivity contribution in [3.05, 3.63) is 29.8 Å². The average molecular weight is 342 g/mol. The molecular weight excluding hydrogens is 328 g/mol. The van der Waals surface area contributed by atoms with E-state index in [1.165, 1.54) is 0 Å². The van der Waals surface area contributed by atoms with Gasteiger partial charge in [-0.15, -0.1) is 0 Å². The Morgan fingerprint density at radius 1 is 1.33 bits per heavy atom. The zero-order valence-electron chi connectivity index (χ0n) is 9.79. The first-order valence-electron chi connectivity index (χ1n) is 5.37. The highest BCUT2D eigenvalue weighted by Gasteiger charge is 2.17. The van der Waals surface area contributed by atoms with E-state index in [4.69, 9.17) is 0 Å². The van der Waals surface area contributed by atoms with Crippen LogP contribution in [0.4, 0.5) is 8.78 Å². The lowest BCUT2D eigenvalue weighted by Gasteiger charge is -2.11. The molecule has 3 nitrogen and oxygen atoms in total. The van der Waals surface area contributed by atoms with Crippen molar-refractivity contribution < 1.29 is 17.2 Å². The predicted molar refractivity (Wildman–Crippen MR) is 69.1 cm³/mol. The zero-order valence-corrected chi connectivity index (χ0v) is 12.2. The molecule has 0 bridgehead atoms. The maximum atomic E-state index is 13.0. The molecule has 0 aromatic heterocycles. The molecule has 0 fully saturated rings. The standard InChI is InChI=1S/C11H14BrF2NO2S/c1-8(4-5-12)7-15-18(16,17)9-2-3-10(13)11(14)6-9/h2-3,6,8,15H,4-5,7H2,1H3. The predicted octanol–water partition coefficient (Wildman–Crippen LogP) is 2.66. The molecule has 0 spiro atoms. The number of hydrogen-bond acceptors (Lipinski definition) is 2. The molecule has 0 radical (unpaired) electrons. The average Bonchev–Trinajstić information content (AvgIpc) is 2.30. The molecule has 1 aromatic rings. The third kappa shape index (κ3) is 4.29. The van der Waals surface area contributed by atoms with Crippen LogP contribution in [0, 0.1) is 17.6 Å². The molecule has 1 rings (SSSR count). The number of nitrogens with one attached hydrogen (secondary N) is 1. The van der Waals surface area contributed by atoms with Gasteiger partial charge in [0.2, 0.25) is 10.0 Å². The Morgan fingerprint density at radius 2 is 2.00 bits per heavy atom. The molecule has 0 saturated carbocycles. The van der Waals surface area contributed by atoms with Crippen molar-refractivity contribution in [2.75, 3.05) is 11.9 Å². The van der Waals surface area contributed by atoms with Crippen molar-refractivity contribution in [1.82, 2.24) is 4.72 Å². The molecular formula is C11H14BrF2NO2S. The van der Waals surface area contributed by atoms with E-state index in [1.54, 1.807) is 0 Å². The largest absolute Gasteiger partial charge is 0.240 e. The van der Waals surface area contributed by atoms with Gasteiger partial charge in [0.25, 0.3) is 0 Å². The van der Waals surface area contributed by atoms with E-state index in [0.717, 1.165) is 23.9 Å². The summed E-state index contributed by atoms with van der Waals surface area (Å²) >= 11 is 3.26. The van der Waals surface area contributed by atoms with Crippen molar-refractivity contribution in [3.63, 3.8) is 0 Å². The Balaban J connectivity index is 2.77. The second-order valence-corrected chi connectivity index (χ2v) is 6.57.